The molecule has 1 aliphatic carbocycles. The smallest absolute Gasteiger partial charge is 0.183 e. The van der Waals surface area contributed by atoms with Crippen molar-refractivity contribution in [2.75, 3.05) is 13.2 Å². The normalized spacial score (nSPS) is 25.3. The van der Waals surface area contributed by atoms with Gasteiger partial charge in [0.15, 0.2) is 9.84 Å². The lowest BCUT2D eigenvalue weighted by Gasteiger charge is -2.09. The summed E-state index contributed by atoms with van der Waals surface area (Å²) >= 11 is 3.39. The van der Waals surface area contributed by atoms with E-state index in [0.29, 0.717) is 6.61 Å². The molecule has 0 spiro atoms. The Morgan fingerprint density at radius 3 is 2.36 bits per heavy atom. The predicted octanol–water partition coefficient (Wildman–Crippen LogP) is 3.94. The lowest BCUT2D eigenvalue weighted by molar-refractivity contribution is 0.117. The Morgan fingerprint density at radius 2 is 1.80 bits per heavy atom. The quantitative estimate of drug-likeness (QED) is 0.710. The maximum absolute atomic E-state index is 13.2. The molecule has 2 aromatic rings. The molecule has 0 radical (unpaired) electrons. The van der Waals surface area contributed by atoms with Crippen molar-refractivity contribution in [3.05, 3.63) is 64.6 Å². The minimum absolute atomic E-state index is 0.109. The number of hydrogen-bond acceptors (Lipinski definition) is 4. The number of ether oxygens (including phenoxy) is 1. The van der Waals surface area contributed by atoms with Crippen molar-refractivity contribution in [1.82, 2.24) is 0 Å². The van der Waals surface area contributed by atoms with E-state index in [0.717, 1.165) is 10.0 Å². The van der Waals surface area contributed by atoms with Crippen LogP contribution in [0.5, 0.6) is 0 Å². The van der Waals surface area contributed by atoms with Crippen molar-refractivity contribution < 1.29 is 13.2 Å². The van der Waals surface area contributed by atoms with Crippen molar-refractivity contribution in [2.24, 2.45) is 5.41 Å². The number of rotatable bonds is 6. The van der Waals surface area contributed by atoms with Crippen LogP contribution in [-0.4, -0.2) is 26.9 Å². The third kappa shape index (κ3) is 3.12. The number of hydrogen-bond donors (Lipinski definition) is 0. The molecule has 2 aromatic carbocycles. The first kappa shape index (κ1) is 18.1. The third-order valence-corrected chi connectivity index (χ3v) is 7.46. The molecule has 3 atom stereocenters. The summed E-state index contributed by atoms with van der Waals surface area (Å²) in [4.78, 5) is 0.246. The fourth-order valence-electron chi connectivity index (χ4n) is 3.37. The molecule has 6 heteroatoms. The van der Waals surface area contributed by atoms with Crippen LogP contribution in [0.3, 0.4) is 0 Å². The largest absolute Gasteiger partial charge is 0.380 e. The maximum atomic E-state index is 13.2. The van der Waals surface area contributed by atoms with Gasteiger partial charge in [0.05, 0.1) is 22.8 Å². The van der Waals surface area contributed by atoms with Gasteiger partial charge in [-0.1, -0.05) is 46.3 Å². The van der Waals surface area contributed by atoms with E-state index < -0.39 is 26.4 Å². The van der Waals surface area contributed by atoms with Gasteiger partial charge < -0.3 is 4.74 Å². The molecule has 0 heterocycles. The highest BCUT2D eigenvalue weighted by molar-refractivity contribution is 9.10. The van der Waals surface area contributed by atoms with E-state index in [-0.39, 0.29) is 11.5 Å². The van der Waals surface area contributed by atoms with Crippen LogP contribution in [0, 0.1) is 16.7 Å². The summed E-state index contributed by atoms with van der Waals surface area (Å²) in [7, 11) is -3.64. The van der Waals surface area contributed by atoms with Crippen LogP contribution < -0.4 is 0 Å². The van der Waals surface area contributed by atoms with Gasteiger partial charge in [-0.05, 0) is 36.8 Å². The summed E-state index contributed by atoms with van der Waals surface area (Å²) < 4.78 is 32.7. The topological polar surface area (TPSA) is 67.2 Å². The Hall–Kier alpha value is -1.68. The molecule has 130 valence electrons. The van der Waals surface area contributed by atoms with Crippen LogP contribution >= 0.6 is 15.9 Å². The van der Waals surface area contributed by atoms with Crippen LogP contribution in [0.25, 0.3) is 0 Å². The van der Waals surface area contributed by atoms with E-state index in [1.807, 2.05) is 31.2 Å². The lowest BCUT2D eigenvalue weighted by Crippen LogP contribution is -2.19. The summed E-state index contributed by atoms with van der Waals surface area (Å²) in [6, 6.07) is 18.0. The lowest BCUT2D eigenvalue weighted by atomic mass is 10.0. The van der Waals surface area contributed by atoms with Crippen LogP contribution in [0.15, 0.2) is 64.0 Å². The second kappa shape index (κ2) is 6.91. The molecule has 1 fully saturated rings. The maximum Gasteiger partial charge on any atom is 0.183 e. The van der Waals surface area contributed by atoms with E-state index in [9.17, 15) is 13.7 Å². The molecule has 0 saturated heterocycles. The number of nitriles is 1. The highest BCUT2D eigenvalue weighted by Crippen LogP contribution is 2.63. The molecule has 0 bridgehead atoms. The van der Waals surface area contributed by atoms with E-state index in [2.05, 4.69) is 22.0 Å². The van der Waals surface area contributed by atoms with E-state index >= 15 is 0 Å². The fourth-order valence-corrected chi connectivity index (χ4v) is 5.96. The number of sulfone groups is 1. The zero-order valence-electron chi connectivity index (χ0n) is 13.7. The van der Waals surface area contributed by atoms with Gasteiger partial charge in [-0.25, -0.2) is 8.42 Å². The standard InChI is InChI=1S/C19H18BrNO3S/c1-2-24-13-19(12-21)17(14-8-10-15(20)11-9-14)18(19)25(22,23)16-6-4-3-5-7-16/h3-11,17-18H,2,13H2,1H3/t17-,18+,19+/m0/s1. The predicted molar refractivity (Wildman–Crippen MR) is 98.8 cm³/mol. The van der Waals surface area contributed by atoms with Crippen LogP contribution in [0.1, 0.15) is 18.4 Å². The second-order valence-electron chi connectivity index (χ2n) is 6.10. The van der Waals surface area contributed by atoms with Crippen molar-refractivity contribution in [3.8, 4) is 6.07 Å². The van der Waals surface area contributed by atoms with Gasteiger partial charge in [0.2, 0.25) is 0 Å². The van der Waals surface area contributed by atoms with Crippen LogP contribution in [0.2, 0.25) is 0 Å². The summed E-state index contributed by atoms with van der Waals surface area (Å²) in [5.41, 5.74) is -0.215. The Balaban J connectivity index is 2.06. The Morgan fingerprint density at radius 1 is 1.16 bits per heavy atom. The zero-order chi connectivity index (χ0) is 18.1. The Kier molecular flexibility index (Phi) is 5.01. The van der Waals surface area contributed by atoms with Gasteiger partial charge in [-0.2, -0.15) is 5.26 Å². The molecule has 3 rings (SSSR count). The molecule has 4 nitrogen and oxygen atoms in total. The second-order valence-corrected chi connectivity index (χ2v) is 9.08. The number of nitrogens with zero attached hydrogens (tertiary/aromatic N) is 1. The highest BCUT2D eigenvalue weighted by Gasteiger charge is 2.72. The molecule has 1 aliphatic rings. The van der Waals surface area contributed by atoms with E-state index in [4.69, 9.17) is 4.74 Å². The fraction of sp³-hybridized carbons (Fsp3) is 0.316. The summed E-state index contributed by atoms with van der Waals surface area (Å²) in [6.45, 7) is 2.38. The van der Waals surface area contributed by atoms with E-state index in [1.54, 1.807) is 30.3 Å². The molecule has 0 aromatic heterocycles. The van der Waals surface area contributed by atoms with Crippen LogP contribution in [0.4, 0.5) is 0 Å². The van der Waals surface area contributed by atoms with Gasteiger partial charge in [-0.3, -0.25) is 0 Å². The molecule has 0 aliphatic heterocycles. The first-order valence-electron chi connectivity index (χ1n) is 8.01. The number of halogens is 1. The molecular weight excluding hydrogens is 402 g/mol. The Labute approximate surface area is 156 Å². The van der Waals surface area contributed by atoms with Crippen molar-refractivity contribution in [2.45, 2.75) is 23.0 Å². The SMILES string of the molecule is CCOC[C@@]1(C#N)[C@H](S(=O)(=O)c2ccccc2)[C@@H]1c1ccc(Br)cc1. The average molecular weight is 420 g/mol. The minimum Gasteiger partial charge on any atom is -0.380 e. The van der Waals surface area contributed by atoms with Crippen LogP contribution in [-0.2, 0) is 14.6 Å². The van der Waals surface area contributed by atoms with Crippen molar-refractivity contribution >= 4 is 25.8 Å². The number of benzene rings is 2. The molecule has 25 heavy (non-hydrogen) atoms. The Bertz CT molecular complexity index is 891. The van der Waals surface area contributed by atoms with Gasteiger partial charge >= 0.3 is 0 Å². The minimum atomic E-state index is -3.64. The third-order valence-electron chi connectivity index (χ3n) is 4.64. The van der Waals surface area contributed by atoms with Gasteiger partial charge in [0.25, 0.3) is 0 Å². The van der Waals surface area contributed by atoms with E-state index in [1.165, 1.54) is 0 Å². The summed E-state index contributed by atoms with van der Waals surface area (Å²) in [5, 5.41) is 9.04. The highest BCUT2D eigenvalue weighted by atomic mass is 79.9. The van der Waals surface area contributed by atoms with Gasteiger partial charge in [-0.15, -0.1) is 0 Å². The average Bonchev–Trinajstić information content (AvgIpc) is 3.31. The molecule has 0 N–H and O–H groups in total. The monoisotopic (exact) mass is 419 g/mol. The molecular formula is C19H18BrNO3S. The molecule has 0 amide bonds. The summed E-state index contributed by atoms with van der Waals surface area (Å²) in [6.07, 6.45) is 0. The van der Waals surface area contributed by atoms with Crippen molar-refractivity contribution in [3.63, 3.8) is 0 Å². The van der Waals surface area contributed by atoms with Crippen molar-refractivity contribution in [1.29, 1.82) is 5.26 Å². The molecule has 1 saturated carbocycles. The van der Waals surface area contributed by atoms with Gasteiger partial charge in [0.1, 0.15) is 5.41 Å². The summed E-state index contributed by atoms with van der Waals surface area (Å²) in [5.74, 6) is -0.401. The zero-order valence-corrected chi connectivity index (χ0v) is 16.1. The first-order valence-corrected chi connectivity index (χ1v) is 10.3. The van der Waals surface area contributed by atoms with Gasteiger partial charge in [0, 0.05) is 17.0 Å². The molecule has 0 unspecified atom stereocenters. The first-order chi connectivity index (χ1) is 12.0.